The van der Waals surface area contributed by atoms with E-state index in [0.29, 0.717) is 25.8 Å². The molecule has 0 saturated heterocycles. The third kappa shape index (κ3) is 5.66. The number of carboxylic acids is 1. The van der Waals surface area contributed by atoms with Crippen molar-refractivity contribution in [2.24, 2.45) is 0 Å². The first-order valence-electron chi connectivity index (χ1n) is 5.82. The third-order valence-electron chi connectivity index (χ3n) is 2.36. The molecule has 0 aliphatic carbocycles. The third-order valence-corrected chi connectivity index (χ3v) is 2.36. The summed E-state index contributed by atoms with van der Waals surface area (Å²) in [7, 11) is 0. The van der Waals surface area contributed by atoms with Gasteiger partial charge in [0.25, 0.3) is 11.5 Å². The Labute approximate surface area is 107 Å². The largest absolute Gasteiger partial charge is 0.481 e. The Morgan fingerprint density at radius 3 is 2.53 bits per heavy atom. The number of aromatic nitrogens is 2. The minimum absolute atomic E-state index is 0.0979. The van der Waals surface area contributed by atoms with Crippen molar-refractivity contribution in [3.63, 3.8) is 0 Å². The van der Waals surface area contributed by atoms with Gasteiger partial charge in [0.2, 0.25) is 0 Å². The number of hydrogen-bond acceptors (Lipinski definition) is 4. The van der Waals surface area contributed by atoms with Crippen molar-refractivity contribution in [3.05, 3.63) is 32.6 Å². The van der Waals surface area contributed by atoms with Crippen LogP contribution in [0.4, 0.5) is 0 Å². The summed E-state index contributed by atoms with van der Waals surface area (Å²) in [6.07, 6.45) is 1.97. The van der Waals surface area contributed by atoms with Gasteiger partial charge in [-0.2, -0.15) is 0 Å². The maximum absolute atomic E-state index is 11.6. The van der Waals surface area contributed by atoms with E-state index in [1.165, 1.54) is 0 Å². The van der Waals surface area contributed by atoms with Crippen LogP contribution in [0.3, 0.4) is 0 Å². The molecular formula is C11H15N3O5. The average Bonchev–Trinajstić information content (AvgIpc) is 2.31. The second kappa shape index (κ2) is 7.14. The Morgan fingerprint density at radius 1 is 1.16 bits per heavy atom. The van der Waals surface area contributed by atoms with E-state index < -0.39 is 23.1 Å². The van der Waals surface area contributed by atoms with Gasteiger partial charge < -0.3 is 15.4 Å². The second-order valence-corrected chi connectivity index (χ2v) is 3.96. The van der Waals surface area contributed by atoms with Gasteiger partial charge in [-0.3, -0.25) is 19.4 Å². The number of carbonyl (C=O) groups is 2. The molecule has 1 heterocycles. The highest BCUT2D eigenvalue weighted by Gasteiger charge is 2.06. The van der Waals surface area contributed by atoms with Crippen LogP contribution >= 0.6 is 0 Å². The molecule has 19 heavy (non-hydrogen) atoms. The summed E-state index contributed by atoms with van der Waals surface area (Å²) in [5.41, 5.74) is -1.48. The molecule has 0 aliphatic rings. The number of aliphatic carboxylic acids is 1. The van der Waals surface area contributed by atoms with Crippen molar-refractivity contribution in [1.82, 2.24) is 15.3 Å². The predicted octanol–water partition coefficient (Wildman–Crippen LogP) is -0.562. The molecule has 0 fully saturated rings. The number of aromatic amines is 2. The van der Waals surface area contributed by atoms with Crippen LogP contribution in [-0.4, -0.2) is 33.5 Å². The summed E-state index contributed by atoms with van der Waals surface area (Å²) in [6, 6.07) is 1.00. The first-order chi connectivity index (χ1) is 8.99. The Kier molecular flexibility index (Phi) is 5.52. The molecule has 0 aromatic carbocycles. The number of carboxylic acid groups (broad SMARTS) is 1. The van der Waals surface area contributed by atoms with Gasteiger partial charge in [0.15, 0.2) is 0 Å². The molecule has 0 bridgehead atoms. The van der Waals surface area contributed by atoms with E-state index in [4.69, 9.17) is 5.11 Å². The van der Waals surface area contributed by atoms with Crippen LogP contribution in [-0.2, 0) is 4.79 Å². The zero-order valence-corrected chi connectivity index (χ0v) is 10.2. The number of unbranched alkanes of at least 4 members (excludes halogenated alkanes) is 2. The minimum atomic E-state index is -0.842. The van der Waals surface area contributed by atoms with Gasteiger partial charge in [-0.1, -0.05) is 6.42 Å². The van der Waals surface area contributed by atoms with Gasteiger partial charge in [0.05, 0.1) is 0 Å². The van der Waals surface area contributed by atoms with Gasteiger partial charge in [-0.25, -0.2) is 4.79 Å². The van der Waals surface area contributed by atoms with Crippen LogP contribution in [0.15, 0.2) is 15.7 Å². The topological polar surface area (TPSA) is 132 Å². The molecule has 0 aliphatic heterocycles. The Bertz CT molecular complexity index is 532. The van der Waals surface area contributed by atoms with Crippen molar-refractivity contribution in [2.75, 3.05) is 6.54 Å². The number of H-pyrrole nitrogens is 2. The fourth-order valence-electron chi connectivity index (χ4n) is 1.47. The van der Waals surface area contributed by atoms with Crippen molar-refractivity contribution >= 4 is 11.9 Å². The highest BCUT2D eigenvalue weighted by atomic mass is 16.4. The van der Waals surface area contributed by atoms with Crippen molar-refractivity contribution in [2.45, 2.75) is 25.7 Å². The number of carbonyl (C=O) groups excluding carboxylic acids is 1. The van der Waals surface area contributed by atoms with Crippen LogP contribution in [0.1, 0.15) is 36.2 Å². The maximum Gasteiger partial charge on any atom is 0.326 e. The molecule has 1 aromatic rings. The summed E-state index contributed by atoms with van der Waals surface area (Å²) in [5.74, 6) is -1.38. The molecule has 0 saturated carbocycles. The maximum atomic E-state index is 11.6. The Morgan fingerprint density at radius 2 is 1.89 bits per heavy atom. The molecule has 104 valence electrons. The predicted molar refractivity (Wildman–Crippen MR) is 66.1 cm³/mol. The lowest BCUT2D eigenvalue weighted by molar-refractivity contribution is -0.137. The van der Waals surface area contributed by atoms with E-state index in [1.807, 2.05) is 4.98 Å². The molecular weight excluding hydrogens is 254 g/mol. The molecule has 1 aromatic heterocycles. The molecule has 1 rings (SSSR count). The number of amides is 1. The van der Waals surface area contributed by atoms with E-state index in [9.17, 15) is 19.2 Å². The normalized spacial score (nSPS) is 10.1. The van der Waals surface area contributed by atoms with E-state index in [1.54, 1.807) is 0 Å². The van der Waals surface area contributed by atoms with Crippen LogP contribution in [0.25, 0.3) is 0 Å². The first-order valence-corrected chi connectivity index (χ1v) is 5.82. The molecule has 8 heteroatoms. The summed E-state index contributed by atoms with van der Waals surface area (Å²) in [6.45, 7) is 0.354. The lowest BCUT2D eigenvalue weighted by Gasteiger charge is -2.04. The van der Waals surface area contributed by atoms with E-state index in [2.05, 4.69) is 10.3 Å². The average molecular weight is 269 g/mol. The lowest BCUT2D eigenvalue weighted by atomic mass is 10.2. The smallest absolute Gasteiger partial charge is 0.326 e. The van der Waals surface area contributed by atoms with Gasteiger partial charge >= 0.3 is 11.7 Å². The van der Waals surface area contributed by atoms with E-state index >= 15 is 0 Å². The van der Waals surface area contributed by atoms with Crippen molar-refractivity contribution < 1.29 is 14.7 Å². The summed E-state index contributed by atoms with van der Waals surface area (Å²) >= 11 is 0. The number of rotatable bonds is 7. The molecule has 0 spiro atoms. The van der Waals surface area contributed by atoms with Crippen molar-refractivity contribution in [1.29, 1.82) is 0 Å². The monoisotopic (exact) mass is 269 g/mol. The highest BCUT2D eigenvalue weighted by Crippen LogP contribution is 1.98. The minimum Gasteiger partial charge on any atom is -0.481 e. The highest BCUT2D eigenvalue weighted by molar-refractivity contribution is 5.91. The van der Waals surface area contributed by atoms with Crippen LogP contribution in [0, 0.1) is 0 Å². The van der Waals surface area contributed by atoms with Gasteiger partial charge in [0, 0.05) is 19.0 Å². The SMILES string of the molecule is O=C(O)CCCCCNC(=O)c1cc(=O)[nH]c(=O)[nH]1. The van der Waals surface area contributed by atoms with Gasteiger partial charge in [-0.05, 0) is 12.8 Å². The molecule has 0 atom stereocenters. The molecule has 0 unspecified atom stereocenters. The second-order valence-electron chi connectivity index (χ2n) is 3.96. The van der Waals surface area contributed by atoms with E-state index in [-0.39, 0.29) is 12.1 Å². The zero-order valence-electron chi connectivity index (χ0n) is 10.2. The summed E-state index contributed by atoms with van der Waals surface area (Å²) in [4.78, 5) is 47.9. The standard InChI is InChI=1S/C11H15N3O5/c15-8-6-7(13-11(19)14-8)10(18)12-5-3-1-2-4-9(16)17/h6H,1-5H2,(H,12,18)(H,16,17)(H2,13,14,15,19). The zero-order chi connectivity index (χ0) is 14.3. The summed E-state index contributed by atoms with van der Waals surface area (Å²) in [5, 5.41) is 11.0. The van der Waals surface area contributed by atoms with E-state index in [0.717, 1.165) is 6.07 Å². The van der Waals surface area contributed by atoms with Crippen LogP contribution in [0.5, 0.6) is 0 Å². The first kappa shape index (κ1) is 14.7. The molecule has 0 radical (unpaired) electrons. The van der Waals surface area contributed by atoms with Crippen LogP contribution in [0.2, 0.25) is 0 Å². The van der Waals surface area contributed by atoms with Crippen LogP contribution < -0.4 is 16.6 Å². The number of hydrogen-bond donors (Lipinski definition) is 4. The molecule has 8 nitrogen and oxygen atoms in total. The van der Waals surface area contributed by atoms with Gasteiger partial charge in [-0.15, -0.1) is 0 Å². The fraction of sp³-hybridized carbons (Fsp3) is 0.455. The van der Waals surface area contributed by atoms with Gasteiger partial charge in [0.1, 0.15) is 5.69 Å². The Balaban J connectivity index is 2.33. The fourth-order valence-corrected chi connectivity index (χ4v) is 1.47. The van der Waals surface area contributed by atoms with Crippen molar-refractivity contribution in [3.8, 4) is 0 Å². The summed E-state index contributed by atoms with van der Waals surface area (Å²) < 4.78 is 0. The Hall–Kier alpha value is -2.38. The number of nitrogens with one attached hydrogen (secondary N) is 3. The quantitative estimate of drug-likeness (QED) is 0.492. The lowest BCUT2D eigenvalue weighted by Crippen LogP contribution is -2.31. The molecule has 1 amide bonds. The molecule has 4 N–H and O–H groups in total.